The zero-order valence-corrected chi connectivity index (χ0v) is 18.4. The highest BCUT2D eigenvalue weighted by Crippen LogP contribution is 2.29. The minimum absolute atomic E-state index is 0.130. The maximum Gasteiger partial charge on any atom is 0.237 e. The number of nitrogens with zero attached hydrogens (tertiary/aromatic N) is 5. The lowest BCUT2D eigenvalue weighted by molar-refractivity contribution is -0.116. The van der Waals surface area contributed by atoms with Gasteiger partial charge in [-0.05, 0) is 49.5 Å². The Balaban J connectivity index is 1.32. The van der Waals surface area contributed by atoms with Gasteiger partial charge >= 0.3 is 0 Å². The van der Waals surface area contributed by atoms with Gasteiger partial charge in [0.2, 0.25) is 5.91 Å². The number of thioether (sulfide) groups is 1. The number of amides is 1. The summed E-state index contributed by atoms with van der Waals surface area (Å²) >= 11 is 1.49. The Morgan fingerprint density at radius 1 is 0.903 bits per heavy atom. The first kappa shape index (κ1) is 20.3. The van der Waals surface area contributed by atoms with E-state index in [0.717, 1.165) is 55.8 Å². The molecule has 0 bridgehead atoms. The molecule has 5 rings (SSSR count). The molecule has 0 N–H and O–H groups in total. The van der Waals surface area contributed by atoms with E-state index in [1.165, 1.54) is 35.7 Å². The van der Waals surface area contributed by atoms with E-state index in [2.05, 4.69) is 50.0 Å². The third-order valence-corrected chi connectivity index (χ3v) is 7.01. The van der Waals surface area contributed by atoms with E-state index in [-0.39, 0.29) is 5.91 Å². The van der Waals surface area contributed by atoms with Crippen molar-refractivity contribution in [2.24, 2.45) is 0 Å². The molecule has 0 saturated carbocycles. The summed E-state index contributed by atoms with van der Waals surface area (Å²) in [4.78, 5) is 17.3. The van der Waals surface area contributed by atoms with E-state index in [9.17, 15) is 4.79 Å². The number of benzene rings is 2. The molecule has 31 heavy (non-hydrogen) atoms. The van der Waals surface area contributed by atoms with Crippen molar-refractivity contribution in [1.82, 2.24) is 19.7 Å². The van der Waals surface area contributed by atoms with Crippen LogP contribution in [0, 0.1) is 0 Å². The lowest BCUT2D eigenvalue weighted by Crippen LogP contribution is -2.30. The Kier molecular flexibility index (Phi) is 6.04. The molecule has 1 fully saturated rings. The zero-order valence-electron chi connectivity index (χ0n) is 17.6. The highest BCUT2D eigenvalue weighted by molar-refractivity contribution is 7.99. The Labute approximate surface area is 187 Å². The second-order valence-electron chi connectivity index (χ2n) is 8.17. The van der Waals surface area contributed by atoms with Crippen LogP contribution in [-0.4, -0.2) is 51.0 Å². The number of hydrogen-bond donors (Lipinski definition) is 0. The fourth-order valence-corrected chi connectivity index (χ4v) is 5.24. The van der Waals surface area contributed by atoms with Crippen LogP contribution in [0.15, 0.2) is 59.8 Å². The Morgan fingerprint density at radius 2 is 1.68 bits per heavy atom. The number of aromatic nitrogens is 3. The van der Waals surface area contributed by atoms with Crippen LogP contribution in [0.2, 0.25) is 0 Å². The van der Waals surface area contributed by atoms with Gasteiger partial charge in [0.25, 0.3) is 0 Å². The fraction of sp³-hybridized carbons (Fsp3) is 0.375. The molecule has 0 spiro atoms. The predicted molar refractivity (Wildman–Crippen MR) is 123 cm³/mol. The molecule has 2 aliphatic rings. The number of carbonyl (C=O) groups is 1. The monoisotopic (exact) mass is 433 g/mol. The summed E-state index contributed by atoms with van der Waals surface area (Å²) in [7, 11) is 0. The summed E-state index contributed by atoms with van der Waals surface area (Å²) < 4.78 is 2.18. The second-order valence-corrected chi connectivity index (χ2v) is 9.11. The van der Waals surface area contributed by atoms with Gasteiger partial charge in [0.05, 0.1) is 18.8 Å². The van der Waals surface area contributed by atoms with Crippen LogP contribution in [0.1, 0.15) is 29.8 Å². The third kappa shape index (κ3) is 4.52. The maximum atomic E-state index is 13.0. The average molecular weight is 434 g/mol. The van der Waals surface area contributed by atoms with Crippen molar-refractivity contribution in [3.8, 4) is 0 Å². The van der Waals surface area contributed by atoms with E-state index in [1.54, 1.807) is 0 Å². The topological polar surface area (TPSA) is 54.3 Å². The number of anilines is 1. The molecule has 1 amide bonds. The van der Waals surface area contributed by atoms with Crippen LogP contribution in [0.5, 0.6) is 0 Å². The van der Waals surface area contributed by atoms with Crippen molar-refractivity contribution in [1.29, 1.82) is 0 Å². The van der Waals surface area contributed by atoms with Gasteiger partial charge in [0.15, 0.2) is 5.16 Å². The van der Waals surface area contributed by atoms with E-state index < -0.39 is 0 Å². The lowest BCUT2D eigenvalue weighted by atomic mass is 10.2. The molecule has 2 aliphatic heterocycles. The lowest BCUT2D eigenvalue weighted by Gasteiger charge is -2.18. The highest BCUT2D eigenvalue weighted by atomic mass is 32.2. The molecule has 1 aromatic heterocycles. The van der Waals surface area contributed by atoms with Crippen LogP contribution in [0.25, 0.3) is 0 Å². The molecule has 0 aliphatic carbocycles. The van der Waals surface area contributed by atoms with Crippen molar-refractivity contribution in [3.63, 3.8) is 0 Å². The summed E-state index contributed by atoms with van der Waals surface area (Å²) in [5.74, 6) is 1.47. The molecule has 0 unspecified atom stereocenters. The molecule has 6 nitrogen and oxygen atoms in total. The van der Waals surface area contributed by atoms with Crippen molar-refractivity contribution in [2.75, 3.05) is 30.3 Å². The molecule has 7 heteroatoms. The van der Waals surface area contributed by atoms with Gasteiger partial charge in [-0.25, -0.2) is 0 Å². The highest BCUT2D eigenvalue weighted by Gasteiger charge is 2.25. The van der Waals surface area contributed by atoms with Crippen LogP contribution in [0.3, 0.4) is 0 Å². The molecule has 1 saturated heterocycles. The van der Waals surface area contributed by atoms with Gasteiger partial charge in [-0.2, -0.15) is 0 Å². The SMILES string of the molecule is O=C(CSc1nnc(CN2CCCC2)n1Cc1ccccc1)N1CCc2ccccc21. The maximum absolute atomic E-state index is 13.0. The van der Waals surface area contributed by atoms with Gasteiger partial charge in [0.1, 0.15) is 5.82 Å². The normalized spacial score (nSPS) is 16.1. The summed E-state index contributed by atoms with van der Waals surface area (Å²) in [5.41, 5.74) is 3.51. The number of carbonyl (C=O) groups excluding carboxylic acids is 1. The second kappa shape index (κ2) is 9.24. The smallest absolute Gasteiger partial charge is 0.237 e. The van der Waals surface area contributed by atoms with E-state index >= 15 is 0 Å². The largest absolute Gasteiger partial charge is 0.311 e. The molecule has 3 aromatic rings. The molecule has 160 valence electrons. The Bertz CT molecular complexity index is 1050. The first-order chi connectivity index (χ1) is 15.3. The van der Waals surface area contributed by atoms with Crippen LogP contribution >= 0.6 is 11.8 Å². The first-order valence-corrected chi connectivity index (χ1v) is 12.0. The molecule has 0 atom stereocenters. The fourth-order valence-electron chi connectivity index (χ4n) is 4.41. The minimum atomic E-state index is 0.130. The van der Waals surface area contributed by atoms with Crippen LogP contribution in [-0.2, 0) is 24.3 Å². The Hall–Kier alpha value is -2.64. The van der Waals surface area contributed by atoms with Crippen molar-refractivity contribution < 1.29 is 4.79 Å². The molecular weight excluding hydrogens is 406 g/mol. The molecule has 2 aromatic carbocycles. The number of hydrogen-bond acceptors (Lipinski definition) is 5. The van der Waals surface area contributed by atoms with Gasteiger partial charge in [0, 0.05) is 12.2 Å². The van der Waals surface area contributed by atoms with Gasteiger partial charge in [-0.3, -0.25) is 9.69 Å². The van der Waals surface area contributed by atoms with Gasteiger partial charge < -0.3 is 9.47 Å². The summed E-state index contributed by atoms with van der Waals surface area (Å²) in [6.07, 6.45) is 3.43. The first-order valence-electron chi connectivity index (χ1n) is 11.0. The third-order valence-electron chi connectivity index (χ3n) is 6.05. The molecule has 3 heterocycles. The van der Waals surface area contributed by atoms with E-state index in [4.69, 9.17) is 0 Å². The van der Waals surface area contributed by atoms with Gasteiger partial charge in [-0.1, -0.05) is 60.3 Å². The van der Waals surface area contributed by atoms with Crippen molar-refractivity contribution in [2.45, 2.75) is 37.5 Å². The quantitative estimate of drug-likeness (QED) is 0.533. The van der Waals surface area contributed by atoms with E-state index in [0.29, 0.717) is 5.75 Å². The number of likely N-dealkylation sites (tertiary alicyclic amines) is 1. The average Bonchev–Trinajstić information content (AvgIpc) is 3.54. The molecule has 0 radical (unpaired) electrons. The van der Waals surface area contributed by atoms with Gasteiger partial charge in [-0.15, -0.1) is 10.2 Å². The minimum Gasteiger partial charge on any atom is -0.311 e. The summed E-state index contributed by atoms with van der Waals surface area (Å²) in [6, 6.07) is 18.6. The standard InChI is InChI=1S/C24H27N5OS/c30-23(28-15-12-20-10-4-5-11-21(20)28)18-31-24-26-25-22(17-27-13-6-7-14-27)29(24)16-19-8-2-1-3-9-19/h1-5,8-11H,6-7,12-18H2. The van der Waals surface area contributed by atoms with Crippen LogP contribution in [0.4, 0.5) is 5.69 Å². The van der Waals surface area contributed by atoms with Crippen molar-refractivity contribution in [3.05, 3.63) is 71.5 Å². The number of fused-ring (bicyclic) bond motifs is 1. The predicted octanol–water partition coefficient (Wildman–Crippen LogP) is 3.60. The number of para-hydroxylation sites is 1. The Morgan fingerprint density at radius 3 is 2.52 bits per heavy atom. The molecular formula is C24H27N5OS. The summed E-state index contributed by atoms with van der Waals surface area (Å²) in [6.45, 7) is 4.53. The van der Waals surface area contributed by atoms with Crippen molar-refractivity contribution >= 4 is 23.4 Å². The number of rotatable bonds is 7. The zero-order chi connectivity index (χ0) is 21.0. The van der Waals surface area contributed by atoms with Crippen LogP contribution < -0.4 is 4.90 Å². The van der Waals surface area contributed by atoms with E-state index in [1.807, 2.05) is 29.2 Å². The summed E-state index contributed by atoms with van der Waals surface area (Å²) in [5, 5.41) is 9.81.